The molecule has 0 aliphatic rings. The summed E-state index contributed by atoms with van der Waals surface area (Å²) in [5, 5.41) is 3.27. The quantitative estimate of drug-likeness (QED) is 0.319. The minimum Gasteiger partial charge on any atom is -0.369 e. The van der Waals surface area contributed by atoms with Crippen molar-refractivity contribution in [3.63, 3.8) is 0 Å². The number of halogens is 1. The standard InChI is InChI=1S/C7H11N5O2S.ClH/c8-7(9)10-11-12-15(13,14)6-4-2-1-3-5-6;/h1-5,11-12H,(H4,8,9,10);1H. The maximum atomic E-state index is 11.5. The number of hydrogen-bond acceptors (Lipinski definition) is 4. The van der Waals surface area contributed by atoms with Crippen molar-refractivity contribution in [1.82, 2.24) is 10.4 Å². The van der Waals surface area contributed by atoms with Crippen molar-refractivity contribution in [1.29, 1.82) is 0 Å². The molecule has 16 heavy (non-hydrogen) atoms. The van der Waals surface area contributed by atoms with E-state index in [9.17, 15) is 8.42 Å². The Morgan fingerprint density at radius 3 is 2.25 bits per heavy atom. The second-order valence-electron chi connectivity index (χ2n) is 2.57. The number of nitrogens with one attached hydrogen (secondary N) is 2. The van der Waals surface area contributed by atoms with E-state index in [0.717, 1.165) is 0 Å². The summed E-state index contributed by atoms with van der Waals surface area (Å²) in [6, 6.07) is 7.81. The second-order valence-corrected chi connectivity index (χ2v) is 4.25. The largest absolute Gasteiger partial charge is 0.369 e. The van der Waals surface area contributed by atoms with Gasteiger partial charge in [0.15, 0.2) is 0 Å². The molecule has 0 saturated carbocycles. The van der Waals surface area contributed by atoms with Gasteiger partial charge in [-0.1, -0.05) is 18.2 Å². The van der Waals surface area contributed by atoms with Crippen molar-refractivity contribution in [2.75, 3.05) is 0 Å². The number of benzene rings is 1. The van der Waals surface area contributed by atoms with Gasteiger partial charge in [-0.05, 0) is 12.1 Å². The highest BCUT2D eigenvalue weighted by Gasteiger charge is 2.11. The zero-order valence-corrected chi connectivity index (χ0v) is 9.75. The summed E-state index contributed by atoms with van der Waals surface area (Å²) >= 11 is 0. The molecule has 90 valence electrons. The summed E-state index contributed by atoms with van der Waals surface area (Å²) in [4.78, 5) is 2.10. The Morgan fingerprint density at radius 2 is 1.75 bits per heavy atom. The highest BCUT2D eigenvalue weighted by atomic mass is 35.5. The summed E-state index contributed by atoms with van der Waals surface area (Å²) in [6.45, 7) is 0. The maximum Gasteiger partial charge on any atom is 0.258 e. The summed E-state index contributed by atoms with van der Waals surface area (Å²) in [7, 11) is -3.64. The summed E-state index contributed by atoms with van der Waals surface area (Å²) in [5.41, 5.74) is 12.0. The van der Waals surface area contributed by atoms with Crippen LogP contribution in [-0.4, -0.2) is 14.4 Å². The van der Waals surface area contributed by atoms with Crippen LogP contribution in [0, 0.1) is 0 Å². The van der Waals surface area contributed by atoms with Crippen molar-refractivity contribution in [2.24, 2.45) is 16.6 Å². The number of hydrazine groups is 1. The van der Waals surface area contributed by atoms with Gasteiger partial charge in [0.2, 0.25) is 5.96 Å². The maximum absolute atomic E-state index is 11.5. The van der Waals surface area contributed by atoms with Gasteiger partial charge in [-0.15, -0.1) is 22.3 Å². The first-order valence-electron chi connectivity index (χ1n) is 3.93. The number of sulfonamides is 1. The molecule has 0 amide bonds. The molecule has 0 spiro atoms. The first-order valence-corrected chi connectivity index (χ1v) is 5.41. The molecule has 0 aliphatic carbocycles. The number of hydrazone groups is 1. The smallest absolute Gasteiger partial charge is 0.258 e. The molecule has 0 aromatic heterocycles. The van der Waals surface area contributed by atoms with E-state index in [1.54, 1.807) is 18.2 Å². The van der Waals surface area contributed by atoms with Crippen LogP contribution in [0.4, 0.5) is 0 Å². The van der Waals surface area contributed by atoms with E-state index in [4.69, 9.17) is 11.5 Å². The lowest BCUT2D eigenvalue weighted by atomic mass is 10.4. The average molecular weight is 266 g/mol. The number of nitrogens with two attached hydrogens (primary N) is 2. The number of rotatable bonds is 4. The molecule has 6 N–H and O–H groups in total. The van der Waals surface area contributed by atoms with E-state index in [1.165, 1.54) is 12.1 Å². The van der Waals surface area contributed by atoms with Gasteiger partial charge >= 0.3 is 0 Å². The van der Waals surface area contributed by atoms with Crippen molar-refractivity contribution < 1.29 is 8.42 Å². The predicted octanol–water partition coefficient (Wildman–Crippen LogP) is -0.920. The summed E-state index contributed by atoms with van der Waals surface area (Å²) in [5.74, 6) is -0.272. The van der Waals surface area contributed by atoms with Crippen molar-refractivity contribution in [3.8, 4) is 0 Å². The topological polar surface area (TPSA) is 123 Å². The number of hydrogen-bond donors (Lipinski definition) is 4. The molecule has 0 fully saturated rings. The normalized spacial score (nSPS) is 10.0. The minimum atomic E-state index is -3.64. The Labute approximate surface area is 99.3 Å². The second kappa shape index (κ2) is 6.16. The Hall–Kier alpha value is -1.51. The highest BCUT2D eigenvalue weighted by molar-refractivity contribution is 7.89. The monoisotopic (exact) mass is 265 g/mol. The van der Waals surface area contributed by atoms with E-state index < -0.39 is 10.0 Å². The molecule has 9 heteroatoms. The third kappa shape index (κ3) is 4.34. The molecular weight excluding hydrogens is 254 g/mol. The minimum absolute atomic E-state index is 0. The molecule has 0 unspecified atom stereocenters. The number of guanidine groups is 1. The average Bonchev–Trinajstić information content (AvgIpc) is 2.18. The molecule has 1 rings (SSSR count). The summed E-state index contributed by atoms with van der Waals surface area (Å²) < 4.78 is 23.0. The molecule has 0 radical (unpaired) electrons. The first-order chi connectivity index (χ1) is 7.02. The van der Waals surface area contributed by atoms with Crippen LogP contribution in [0.1, 0.15) is 0 Å². The van der Waals surface area contributed by atoms with Crippen molar-refractivity contribution >= 4 is 28.4 Å². The van der Waals surface area contributed by atoms with Crippen LogP contribution < -0.4 is 21.8 Å². The fraction of sp³-hybridized carbons (Fsp3) is 0. The van der Waals surface area contributed by atoms with Gasteiger partial charge in [-0.2, -0.15) is 0 Å². The molecule has 0 bridgehead atoms. The van der Waals surface area contributed by atoms with Crippen LogP contribution in [0.2, 0.25) is 0 Å². The molecule has 0 heterocycles. The van der Waals surface area contributed by atoms with Gasteiger partial charge in [0, 0.05) is 0 Å². The molecular formula is C7H12ClN5O2S. The fourth-order valence-electron chi connectivity index (χ4n) is 0.806. The zero-order chi connectivity index (χ0) is 11.3. The Bertz CT molecular complexity index is 443. The van der Waals surface area contributed by atoms with Gasteiger partial charge in [-0.25, -0.2) is 14.0 Å². The SMILES string of the molecule is Cl.NC(N)=NNNS(=O)(=O)c1ccccc1. The first kappa shape index (κ1) is 14.5. The molecule has 0 atom stereocenters. The Balaban J connectivity index is 0.00000225. The zero-order valence-electron chi connectivity index (χ0n) is 8.12. The summed E-state index contributed by atoms with van der Waals surface area (Å²) in [6.07, 6.45) is 0. The lowest BCUT2D eigenvalue weighted by Crippen LogP contribution is -2.37. The van der Waals surface area contributed by atoms with Gasteiger partial charge in [0.1, 0.15) is 0 Å². The number of nitrogens with zero attached hydrogens (tertiary/aromatic N) is 1. The predicted molar refractivity (Wildman–Crippen MR) is 63.0 cm³/mol. The molecule has 1 aromatic carbocycles. The van der Waals surface area contributed by atoms with Crippen LogP contribution in [0.15, 0.2) is 40.3 Å². The van der Waals surface area contributed by atoms with Gasteiger partial charge in [0.25, 0.3) is 10.0 Å². The van der Waals surface area contributed by atoms with Crippen LogP contribution in [0.3, 0.4) is 0 Å². The van der Waals surface area contributed by atoms with E-state index in [2.05, 4.69) is 5.10 Å². The fourth-order valence-corrected chi connectivity index (χ4v) is 1.61. The van der Waals surface area contributed by atoms with Crippen LogP contribution in [-0.2, 0) is 10.0 Å². The third-order valence-corrected chi connectivity index (χ3v) is 2.67. The Kier molecular flexibility index (Phi) is 5.57. The lowest BCUT2D eigenvalue weighted by molar-refractivity contribution is 0.562. The van der Waals surface area contributed by atoms with Crippen molar-refractivity contribution in [3.05, 3.63) is 30.3 Å². The van der Waals surface area contributed by atoms with Gasteiger partial charge in [0.05, 0.1) is 4.90 Å². The van der Waals surface area contributed by atoms with Gasteiger partial charge in [-0.3, -0.25) is 0 Å². The van der Waals surface area contributed by atoms with E-state index in [0.29, 0.717) is 0 Å². The van der Waals surface area contributed by atoms with E-state index in [-0.39, 0.29) is 23.3 Å². The van der Waals surface area contributed by atoms with Crippen LogP contribution >= 0.6 is 12.4 Å². The molecule has 0 saturated heterocycles. The van der Waals surface area contributed by atoms with Gasteiger partial charge < -0.3 is 11.5 Å². The third-order valence-electron chi connectivity index (χ3n) is 1.42. The van der Waals surface area contributed by atoms with E-state index >= 15 is 0 Å². The lowest BCUT2D eigenvalue weighted by Gasteiger charge is -2.04. The molecule has 1 aromatic rings. The molecule has 7 nitrogen and oxygen atoms in total. The molecule has 0 aliphatic heterocycles. The Morgan fingerprint density at radius 1 is 1.19 bits per heavy atom. The highest BCUT2D eigenvalue weighted by Crippen LogP contribution is 2.05. The van der Waals surface area contributed by atoms with Crippen LogP contribution in [0.25, 0.3) is 0 Å². The van der Waals surface area contributed by atoms with Crippen molar-refractivity contribution in [2.45, 2.75) is 4.90 Å². The van der Waals surface area contributed by atoms with Crippen LogP contribution in [0.5, 0.6) is 0 Å². The van der Waals surface area contributed by atoms with E-state index in [1.807, 2.05) is 10.4 Å².